The first-order chi connectivity index (χ1) is 10.4. The molecule has 1 aromatic heterocycles. The largest absolute Gasteiger partial charge is 0.294 e. The smallest absolute Gasteiger partial charge is 0.281 e. The summed E-state index contributed by atoms with van der Waals surface area (Å²) in [6.45, 7) is 3.07. The van der Waals surface area contributed by atoms with Gasteiger partial charge in [-0.05, 0) is 30.9 Å². The molecule has 0 aromatic carbocycles. The quantitative estimate of drug-likeness (QED) is 0.822. The van der Waals surface area contributed by atoms with Gasteiger partial charge in [0, 0.05) is 51.2 Å². The molecule has 4 heterocycles. The van der Waals surface area contributed by atoms with E-state index >= 15 is 0 Å². The summed E-state index contributed by atoms with van der Waals surface area (Å²) in [5.41, 5.74) is 0. The van der Waals surface area contributed by atoms with Gasteiger partial charge in [-0.1, -0.05) is 11.6 Å². The van der Waals surface area contributed by atoms with Gasteiger partial charge in [-0.15, -0.1) is 11.3 Å². The van der Waals surface area contributed by atoms with Crippen molar-refractivity contribution in [3.63, 3.8) is 0 Å². The summed E-state index contributed by atoms with van der Waals surface area (Å²) in [6, 6.07) is 4.30. The highest BCUT2D eigenvalue weighted by molar-refractivity contribution is 7.86. The fourth-order valence-electron chi connectivity index (χ4n) is 3.39. The molecule has 124 valence electrons. The third kappa shape index (κ3) is 3.34. The number of rotatable bonds is 4. The van der Waals surface area contributed by atoms with Crippen LogP contribution in [0.3, 0.4) is 0 Å². The summed E-state index contributed by atoms with van der Waals surface area (Å²) in [6.07, 6.45) is 2.19. The van der Waals surface area contributed by atoms with Crippen molar-refractivity contribution in [1.29, 1.82) is 0 Å². The third-order valence-corrected chi connectivity index (χ3v) is 7.66. The van der Waals surface area contributed by atoms with Crippen LogP contribution in [0.5, 0.6) is 0 Å². The van der Waals surface area contributed by atoms with Crippen LogP contribution in [0.1, 0.15) is 17.7 Å². The summed E-state index contributed by atoms with van der Waals surface area (Å²) in [5, 5.41) is 0. The number of halogens is 1. The first-order valence-corrected chi connectivity index (χ1v) is 10.1. The van der Waals surface area contributed by atoms with Crippen LogP contribution in [0.15, 0.2) is 12.1 Å². The third-order valence-electron chi connectivity index (χ3n) is 4.57. The van der Waals surface area contributed by atoms with E-state index in [9.17, 15) is 8.42 Å². The van der Waals surface area contributed by atoms with E-state index in [1.807, 2.05) is 6.07 Å². The number of thiophene rings is 1. The fourth-order valence-corrected chi connectivity index (χ4v) is 5.72. The Labute approximate surface area is 141 Å². The van der Waals surface area contributed by atoms with Gasteiger partial charge in [-0.25, -0.2) is 0 Å². The van der Waals surface area contributed by atoms with Crippen LogP contribution in [0.2, 0.25) is 4.34 Å². The predicted octanol–water partition coefficient (Wildman–Crippen LogP) is 2.10. The Hall–Kier alpha value is -0.180. The Morgan fingerprint density at radius 2 is 2.05 bits per heavy atom. The highest BCUT2D eigenvalue weighted by Crippen LogP contribution is 2.32. The zero-order valence-corrected chi connectivity index (χ0v) is 15.3. The Kier molecular flexibility index (Phi) is 4.83. The lowest BCUT2D eigenvalue weighted by molar-refractivity contribution is 0.126. The summed E-state index contributed by atoms with van der Waals surface area (Å²) in [4.78, 5) is 3.68. The van der Waals surface area contributed by atoms with Gasteiger partial charge in [0.1, 0.15) is 0 Å². The standard InChI is InChI=1S/C14H22ClN3O2S2/c1-16(2)22(19,20)18-8-11-3-4-12(9-18)17(7-11)10-13-5-6-14(15)21-13/h5-6,11-12H,3-4,7-10H2,1-2H3/t11-,12-/m0/s1. The van der Waals surface area contributed by atoms with Gasteiger partial charge in [0.25, 0.3) is 10.2 Å². The molecule has 8 heteroatoms. The van der Waals surface area contributed by atoms with E-state index in [2.05, 4.69) is 11.0 Å². The van der Waals surface area contributed by atoms with Crippen molar-refractivity contribution in [2.45, 2.75) is 25.4 Å². The SMILES string of the molecule is CN(C)S(=O)(=O)N1C[C@H]2CC[C@@H](C1)N(Cc1ccc(Cl)s1)C2. The Balaban J connectivity index is 1.76. The maximum atomic E-state index is 12.4. The van der Waals surface area contributed by atoms with Crippen molar-refractivity contribution < 1.29 is 8.42 Å². The molecule has 0 spiro atoms. The average molecular weight is 364 g/mol. The van der Waals surface area contributed by atoms with Gasteiger partial charge >= 0.3 is 0 Å². The van der Waals surface area contributed by atoms with Crippen molar-refractivity contribution in [2.24, 2.45) is 5.92 Å². The average Bonchev–Trinajstić information content (AvgIpc) is 2.67. The minimum atomic E-state index is -3.32. The molecule has 3 aliphatic heterocycles. The Bertz CT molecular complexity index is 632. The summed E-state index contributed by atoms with van der Waals surface area (Å²) in [5.74, 6) is 0.420. The van der Waals surface area contributed by atoms with E-state index in [4.69, 9.17) is 11.6 Å². The second-order valence-corrected chi connectivity index (χ2v) is 10.3. The molecule has 0 aliphatic carbocycles. The van der Waals surface area contributed by atoms with Crippen LogP contribution >= 0.6 is 22.9 Å². The zero-order valence-electron chi connectivity index (χ0n) is 12.9. The van der Waals surface area contributed by atoms with E-state index < -0.39 is 10.2 Å². The molecular weight excluding hydrogens is 342 g/mol. The van der Waals surface area contributed by atoms with Crippen LogP contribution in [-0.4, -0.2) is 61.7 Å². The lowest BCUT2D eigenvalue weighted by atomic mass is 9.95. The van der Waals surface area contributed by atoms with E-state index in [1.54, 1.807) is 29.7 Å². The molecule has 3 fully saturated rings. The molecule has 1 aromatic rings. The zero-order chi connectivity index (χ0) is 15.9. The molecule has 2 bridgehead atoms. The first-order valence-electron chi connectivity index (χ1n) is 7.52. The van der Waals surface area contributed by atoms with Gasteiger partial charge in [0.15, 0.2) is 0 Å². The van der Waals surface area contributed by atoms with Crippen molar-refractivity contribution in [1.82, 2.24) is 13.5 Å². The highest BCUT2D eigenvalue weighted by Gasteiger charge is 2.39. The van der Waals surface area contributed by atoms with Crippen LogP contribution in [0.4, 0.5) is 0 Å². The summed E-state index contributed by atoms with van der Waals surface area (Å²) in [7, 11) is -0.110. The molecule has 0 unspecified atom stereocenters. The van der Waals surface area contributed by atoms with E-state index in [0.29, 0.717) is 25.0 Å². The van der Waals surface area contributed by atoms with Gasteiger partial charge in [0.05, 0.1) is 4.34 Å². The maximum absolute atomic E-state index is 12.4. The van der Waals surface area contributed by atoms with Gasteiger partial charge < -0.3 is 0 Å². The molecule has 0 amide bonds. The molecule has 4 rings (SSSR count). The molecule has 0 N–H and O–H groups in total. The normalized spacial score (nSPS) is 27.5. The van der Waals surface area contributed by atoms with Crippen LogP contribution in [0.25, 0.3) is 0 Å². The maximum Gasteiger partial charge on any atom is 0.281 e. The van der Waals surface area contributed by atoms with Gasteiger partial charge in [-0.3, -0.25) is 4.90 Å². The summed E-state index contributed by atoms with van der Waals surface area (Å²) >= 11 is 7.62. The molecule has 3 aliphatic rings. The number of nitrogens with zero attached hydrogens (tertiary/aromatic N) is 3. The number of fused-ring (bicyclic) bond motifs is 4. The Morgan fingerprint density at radius 3 is 2.68 bits per heavy atom. The molecule has 5 nitrogen and oxygen atoms in total. The molecule has 2 atom stereocenters. The van der Waals surface area contributed by atoms with E-state index in [0.717, 1.165) is 30.3 Å². The van der Waals surface area contributed by atoms with E-state index in [1.165, 1.54) is 9.18 Å². The second kappa shape index (κ2) is 6.37. The monoisotopic (exact) mass is 363 g/mol. The topological polar surface area (TPSA) is 43.9 Å². The first kappa shape index (κ1) is 16.7. The Morgan fingerprint density at radius 1 is 1.27 bits per heavy atom. The van der Waals surface area contributed by atoms with Crippen LogP contribution in [-0.2, 0) is 16.8 Å². The fraction of sp³-hybridized carbons (Fsp3) is 0.714. The van der Waals surface area contributed by atoms with E-state index in [-0.39, 0.29) is 0 Å². The molecule has 3 saturated heterocycles. The van der Waals surface area contributed by atoms with Crippen molar-refractivity contribution in [2.75, 3.05) is 33.7 Å². The summed E-state index contributed by atoms with van der Waals surface area (Å²) < 4.78 is 28.7. The van der Waals surface area contributed by atoms with Crippen molar-refractivity contribution in [3.05, 3.63) is 21.3 Å². The number of hydrogen-bond acceptors (Lipinski definition) is 4. The molecular formula is C14H22ClN3O2S2. The molecule has 22 heavy (non-hydrogen) atoms. The van der Waals surface area contributed by atoms with Gasteiger partial charge in [-0.2, -0.15) is 17.0 Å². The second-order valence-electron chi connectivity index (χ2n) is 6.34. The molecule has 0 saturated carbocycles. The number of piperidine rings is 1. The van der Waals surface area contributed by atoms with Crippen LogP contribution < -0.4 is 0 Å². The lowest BCUT2D eigenvalue weighted by Gasteiger charge is -2.35. The predicted molar refractivity (Wildman–Crippen MR) is 90.4 cm³/mol. The van der Waals surface area contributed by atoms with Crippen molar-refractivity contribution >= 4 is 33.1 Å². The lowest BCUT2D eigenvalue weighted by Crippen LogP contribution is -2.45. The van der Waals surface area contributed by atoms with Crippen LogP contribution in [0, 0.1) is 5.92 Å². The van der Waals surface area contributed by atoms with Gasteiger partial charge in [0.2, 0.25) is 0 Å². The number of hydrogen-bond donors (Lipinski definition) is 0. The highest BCUT2D eigenvalue weighted by atomic mass is 35.5. The minimum Gasteiger partial charge on any atom is -0.294 e. The minimum absolute atomic E-state index is 0.300. The molecule has 0 radical (unpaired) electrons. The van der Waals surface area contributed by atoms with Crippen molar-refractivity contribution in [3.8, 4) is 0 Å².